The van der Waals surface area contributed by atoms with Crippen LogP contribution < -0.4 is 0 Å². The maximum atomic E-state index is 2.49. The average molecular weight is 544 g/mol. The Hall–Kier alpha value is -2.89. The molecular formula is C35H32Zr. The van der Waals surface area contributed by atoms with Gasteiger partial charge in [-0.1, -0.05) is 0 Å². The maximum absolute atomic E-state index is 2.54. The van der Waals surface area contributed by atoms with Gasteiger partial charge in [-0.3, -0.25) is 0 Å². The second kappa shape index (κ2) is 9.53. The van der Waals surface area contributed by atoms with Crippen molar-refractivity contribution >= 4 is 3.21 Å². The number of fused-ring (bicyclic) bond motifs is 3. The molecule has 0 radical (unpaired) electrons. The number of hydrogen-bond acceptors (Lipinski definition) is 0. The monoisotopic (exact) mass is 542 g/mol. The fraction of sp³-hybridized carbons (Fsp3) is 0.171. The van der Waals surface area contributed by atoms with E-state index in [0.29, 0.717) is 7.25 Å². The fourth-order valence-electron chi connectivity index (χ4n) is 5.92. The number of benzene rings is 4. The summed E-state index contributed by atoms with van der Waals surface area (Å²) < 4.78 is 2.63. The molecule has 0 saturated heterocycles. The van der Waals surface area contributed by atoms with Gasteiger partial charge >= 0.3 is 224 Å². The number of allylic oxidation sites excluding steroid dienone is 4. The fourth-order valence-corrected chi connectivity index (χ4v) is 15.2. The Balaban J connectivity index is 1.73. The first-order chi connectivity index (χ1) is 17.5. The third kappa shape index (κ3) is 4.18. The molecule has 1 heteroatoms. The molecule has 2 aliphatic rings. The van der Waals surface area contributed by atoms with Crippen molar-refractivity contribution < 1.29 is 21.3 Å². The van der Waals surface area contributed by atoms with Gasteiger partial charge in [0.2, 0.25) is 0 Å². The molecule has 0 fully saturated rings. The summed E-state index contributed by atoms with van der Waals surface area (Å²) in [6.07, 6.45) is 9.52. The van der Waals surface area contributed by atoms with E-state index in [9.17, 15) is 0 Å². The van der Waals surface area contributed by atoms with E-state index >= 15 is 0 Å². The molecule has 0 bridgehead atoms. The second-order valence-corrected chi connectivity index (χ2v) is 17.0. The Morgan fingerprint density at radius 1 is 0.528 bits per heavy atom. The minimum absolute atomic E-state index is 0.479. The van der Waals surface area contributed by atoms with E-state index in [1.54, 1.807) is 14.3 Å². The van der Waals surface area contributed by atoms with Crippen LogP contribution in [0.1, 0.15) is 48.1 Å². The Morgan fingerprint density at radius 2 is 0.944 bits per heavy atom. The Labute approximate surface area is 223 Å². The van der Waals surface area contributed by atoms with Crippen molar-refractivity contribution in [3.63, 3.8) is 0 Å². The molecule has 4 aromatic carbocycles. The molecule has 0 N–H and O–H groups in total. The zero-order chi connectivity index (χ0) is 24.8. The van der Waals surface area contributed by atoms with Crippen molar-refractivity contribution in [1.82, 2.24) is 0 Å². The van der Waals surface area contributed by atoms with Gasteiger partial charge in [0, 0.05) is 0 Å². The molecule has 0 spiro atoms. The predicted octanol–water partition coefficient (Wildman–Crippen LogP) is 8.79. The summed E-state index contributed by atoms with van der Waals surface area (Å²) in [5, 5.41) is 0. The molecular weight excluding hydrogens is 512 g/mol. The van der Waals surface area contributed by atoms with E-state index in [1.807, 2.05) is 0 Å². The molecule has 0 amide bonds. The van der Waals surface area contributed by atoms with Gasteiger partial charge < -0.3 is 0 Å². The van der Waals surface area contributed by atoms with Gasteiger partial charge in [0.1, 0.15) is 0 Å². The summed E-state index contributed by atoms with van der Waals surface area (Å²) in [6.45, 7) is 8.86. The molecule has 0 saturated carbocycles. The molecule has 0 aliphatic heterocycles. The third-order valence-electron chi connectivity index (χ3n) is 7.71. The van der Waals surface area contributed by atoms with E-state index in [0.717, 1.165) is 0 Å². The Morgan fingerprint density at radius 3 is 1.39 bits per heavy atom. The van der Waals surface area contributed by atoms with Gasteiger partial charge in [-0.15, -0.1) is 0 Å². The topological polar surface area (TPSA) is 0 Å². The summed E-state index contributed by atoms with van der Waals surface area (Å²) >= 11 is -2.54. The summed E-state index contributed by atoms with van der Waals surface area (Å²) in [5.74, 6) is 0. The van der Waals surface area contributed by atoms with Crippen molar-refractivity contribution in [1.29, 1.82) is 0 Å². The van der Waals surface area contributed by atoms with Crippen molar-refractivity contribution in [2.24, 2.45) is 0 Å². The molecule has 0 atom stereocenters. The first kappa shape index (κ1) is 23.5. The molecule has 0 aromatic heterocycles. The van der Waals surface area contributed by atoms with Crippen LogP contribution in [0.4, 0.5) is 0 Å². The quantitative estimate of drug-likeness (QED) is 0.241. The Kier molecular flexibility index (Phi) is 6.22. The molecule has 0 unspecified atom stereocenters. The normalized spacial score (nSPS) is 14.2. The molecule has 176 valence electrons. The van der Waals surface area contributed by atoms with Crippen LogP contribution in [0.5, 0.6) is 0 Å². The summed E-state index contributed by atoms with van der Waals surface area (Å²) in [7, 11) is 0. The van der Waals surface area contributed by atoms with Gasteiger partial charge in [-0.2, -0.15) is 0 Å². The van der Waals surface area contributed by atoms with Gasteiger partial charge in [0.25, 0.3) is 0 Å². The zero-order valence-corrected chi connectivity index (χ0v) is 24.0. The van der Waals surface area contributed by atoms with Crippen molar-refractivity contribution in [2.45, 2.75) is 34.9 Å². The molecule has 0 heterocycles. The molecule has 2 aliphatic carbocycles. The number of rotatable bonds is 4. The van der Waals surface area contributed by atoms with Crippen LogP contribution >= 0.6 is 0 Å². The summed E-state index contributed by atoms with van der Waals surface area (Å²) in [6, 6.07) is 32.9. The predicted molar refractivity (Wildman–Crippen MR) is 151 cm³/mol. The standard InChI is InChI=1S/C15H13.C15H14.C5H5.Zr/c1-10-3-5-14-12(7-10)9-13-8-11(2)4-6-15(13)14;1-12-3-7-14(8-4-12)11-15-9-5-13(2)6-10-15;1-2-4-5-3-1;/h3-9H,1-2H3;3-10H,1-2H3;1-5H;. The number of aryl methyl sites for hydroxylation is 4. The average Bonchev–Trinajstić information content (AvgIpc) is 3.50. The van der Waals surface area contributed by atoms with Crippen molar-refractivity contribution in [2.75, 3.05) is 0 Å². The van der Waals surface area contributed by atoms with Crippen LogP contribution in [-0.2, 0) is 21.3 Å². The summed E-state index contributed by atoms with van der Waals surface area (Å²) in [4.78, 5) is 0. The third-order valence-corrected chi connectivity index (χ3v) is 16.3. The van der Waals surface area contributed by atoms with E-state index in [1.165, 1.54) is 44.5 Å². The van der Waals surface area contributed by atoms with E-state index < -0.39 is 21.3 Å². The Bertz CT molecular complexity index is 1430. The SMILES string of the molecule is Cc1ccc([C](c2ccc(C)cc2)=[Zr]([CH]2C=CC=C2)[CH]2c3cc(C)ccc3-c3ccc(C)cc32)cc1. The van der Waals surface area contributed by atoms with Crippen LogP contribution in [0.2, 0.25) is 3.63 Å². The van der Waals surface area contributed by atoms with Crippen molar-refractivity contribution in [3.8, 4) is 11.1 Å². The van der Waals surface area contributed by atoms with E-state index in [2.05, 4.69) is 137 Å². The molecule has 4 aromatic rings. The minimum atomic E-state index is -2.54. The molecule has 36 heavy (non-hydrogen) atoms. The first-order valence-corrected chi connectivity index (χ1v) is 17.0. The van der Waals surface area contributed by atoms with Crippen LogP contribution in [0.25, 0.3) is 11.1 Å². The van der Waals surface area contributed by atoms with Gasteiger partial charge in [0.05, 0.1) is 0 Å². The van der Waals surface area contributed by atoms with E-state index in [4.69, 9.17) is 0 Å². The summed E-state index contributed by atoms with van der Waals surface area (Å²) in [5.41, 5.74) is 14.1. The molecule has 0 nitrogen and oxygen atoms in total. The number of hydrogen-bond donors (Lipinski definition) is 0. The first-order valence-electron chi connectivity index (χ1n) is 12.9. The second-order valence-electron chi connectivity index (χ2n) is 10.5. The van der Waals surface area contributed by atoms with Gasteiger partial charge in [0.15, 0.2) is 0 Å². The van der Waals surface area contributed by atoms with Gasteiger partial charge in [-0.25, -0.2) is 0 Å². The van der Waals surface area contributed by atoms with E-state index in [-0.39, 0.29) is 0 Å². The van der Waals surface area contributed by atoms with Crippen LogP contribution in [0, 0.1) is 27.7 Å². The van der Waals surface area contributed by atoms with Crippen LogP contribution in [0.15, 0.2) is 109 Å². The molecule has 6 rings (SSSR count). The van der Waals surface area contributed by atoms with Crippen LogP contribution in [0.3, 0.4) is 0 Å². The van der Waals surface area contributed by atoms with Crippen molar-refractivity contribution in [3.05, 3.63) is 154 Å². The van der Waals surface area contributed by atoms with Gasteiger partial charge in [-0.05, 0) is 0 Å². The van der Waals surface area contributed by atoms with Crippen LogP contribution in [-0.4, -0.2) is 3.21 Å². The zero-order valence-electron chi connectivity index (χ0n) is 21.5.